The van der Waals surface area contributed by atoms with Crippen LogP contribution in [0.5, 0.6) is 5.75 Å². The lowest BCUT2D eigenvalue weighted by molar-refractivity contribution is 0.388. The summed E-state index contributed by atoms with van der Waals surface area (Å²) in [6, 6.07) is 10.3. The predicted molar refractivity (Wildman–Crippen MR) is 66.6 cm³/mol. The van der Waals surface area contributed by atoms with Crippen molar-refractivity contribution in [2.75, 3.05) is 18.0 Å². The lowest BCUT2D eigenvalue weighted by Gasteiger charge is -2.13. The average molecular weight is 250 g/mol. The fourth-order valence-corrected chi connectivity index (χ4v) is 1.49. The Bertz CT molecular complexity index is 529. The molecule has 0 aliphatic heterocycles. The minimum Gasteiger partial charge on any atom is -0.492 e. The Labute approximate surface area is 103 Å². The topological polar surface area (TPSA) is 33.3 Å². The van der Waals surface area contributed by atoms with E-state index in [-0.39, 0.29) is 11.6 Å². The molecule has 0 saturated heterocycles. The molecule has 0 radical (unpaired) electrons. The second-order valence-corrected chi connectivity index (χ2v) is 3.58. The second kappa shape index (κ2) is 5.35. The van der Waals surface area contributed by atoms with Gasteiger partial charge in [-0.1, -0.05) is 6.07 Å². The quantitative estimate of drug-likeness (QED) is 0.816. The Morgan fingerprint density at radius 2 is 1.67 bits per heavy atom. The maximum Gasteiger partial charge on any atom is 0.179 e. The highest BCUT2D eigenvalue weighted by molar-refractivity contribution is 5.60. The third-order valence-corrected chi connectivity index (χ3v) is 2.36. The number of halogens is 2. The zero-order valence-corrected chi connectivity index (χ0v) is 9.71. The lowest BCUT2D eigenvalue weighted by Crippen LogP contribution is -2.10. The number of anilines is 2. The Morgan fingerprint density at radius 3 is 2.33 bits per heavy atom. The monoisotopic (exact) mass is 250 g/mol. The van der Waals surface area contributed by atoms with E-state index < -0.39 is 5.82 Å². The second-order valence-electron chi connectivity index (χ2n) is 3.58. The van der Waals surface area contributed by atoms with Gasteiger partial charge in [0.05, 0.1) is 18.5 Å². The van der Waals surface area contributed by atoms with Crippen molar-refractivity contribution in [2.24, 2.45) is 0 Å². The van der Waals surface area contributed by atoms with Gasteiger partial charge in [0.25, 0.3) is 0 Å². The van der Waals surface area contributed by atoms with Crippen molar-refractivity contribution < 1.29 is 13.5 Å². The molecular formula is C13H12F2N2O. The third kappa shape index (κ3) is 2.68. The van der Waals surface area contributed by atoms with Gasteiger partial charge >= 0.3 is 0 Å². The number of nitrogens with one attached hydrogen (secondary N) is 2. The molecular weight excluding hydrogens is 238 g/mol. The Hall–Kier alpha value is -2.30. The minimum atomic E-state index is -0.455. The van der Waals surface area contributed by atoms with Gasteiger partial charge in [-0.15, -0.1) is 0 Å². The van der Waals surface area contributed by atoms with Crippen LogP contribution in [0.4, 0.5) is 20.2 Å². The lowest BCUT2D eigenvalue weighted by atomic mass is 10.3. The van der Waals surface area contributed by atoms with Gasteiger partial charge in [0.15, 0.2) is 11.6 Å². The van der Waals surface area contributed by atoms with Gasteiger partial charge in [0.2, 0.25) is 0 Å². The normalized spacial score (nSPS) is 9.94. The molecule has 3 nitrogen and oxygen atoms in total. The molecule has 0 atom stereocenters. The maximum absolute atomic E-state index is 13.4. The summed E-state index contributed by atoms with van der Waals surface area (Å²) in [6.45, 7) is 0. The van der Waals surface area contributed by atoms with Gasteiger partial charge in [0, 0.05) is 0 Å². The van der Waals surface area contributed by atoms with Crippen LogP contribution in [0, 0.1) is 11.6 Å². The smallest absolute Gasteiger partial charge is 0.179 e. The predicted octanol–water partition coefficient (Wildman–Crippen LogP) is 3.41. The number of rotatable bonds is 4. The standard InChI is InChI=1S/C13H12F2N2O/c1-18-13-11(15)3-2-4-12(13)17-16-10-7-5-9(14)6-8-10/h2-8,16-17H,1H3. The van der Waals surface area contributed by atoms with E-state index in [0.29, 0.717) is 11.4 Å². The molecule has 2 aromatic rings. The number of hydrazine groups is 1. The van der Waals surface area contributed by atoms with E-state index >= 15 is 0 Å². The summed E-state index contributed by atoms with van der Waals surface area (Å²) in [7, 11) is 1.39. The van der Waals surface area contributed by atoms with E-state index in [1.807, 2.05) is 0 Å². The fourth-order valence-electron chi connectivity index (χ4n) is 1.49. The van der Waals surface area contributed by atoms with Crippen molar-refractivity contribution in [3.63, 3.8) is 0 Å². The summed E-state index contributed by atoms with van der Waals surface area (Å²) in [4.78, 5) is 0. The summed E-state index contributed by atoms with van der Waals surface area (Å²) in [5.74, 6) is -0.653. The molecule has 0 fully saturated rings. The Balaban J connectivity index is 2.10. The highest BCUT2D eigenvalue weighted by atomic mass is 19.1. The van der Waals surface area contributed by atoms with E-state index in [1.54, 1.807) is 24.3 Å². The summed E-state index contributed by atoms with van der Waals surface area (Å²) < 4.78 is 31.0. The van der Waals surface area contributed by atoms with E-state index in [9.17, 15) is 8.78 Å². The summed E-state index contributed by atoms with van der Waals surface area (Å²) in [6.07, 6.45) is 0. The van der Waals surface area contributed by atoms with Crippen molar-refractivity contribution in [2.45, 2.75) is 0 Å². The van der Waals surface area contributed by atoms with E-state index in [1.165, 1.54) is 25.3 Å². The minimum absolute atomic E-state index is 0.118. The number of hydrogen-bond donors (Lipinski definition) is 2. The molecule has 0 aliphatic carbocycles. The summed E-state index contributed by atoms with van der Waals surface area (Å²) in [5, 5.41) is 0. The number of benzene rings is 2. The van der Waals surface area contributed by atoms with E-state index in [0.717, 1.165) is 0 Å². The molecule has 0 amide bonds. The van der Waals surface area contributed by atoms with Crippen molar-refractivity contribution >= 4 is 11.4 Å². The first-order valence-electron chi connectivity index (χ1n) is 5.31. The Kier molecular flexibility index (Phi) is 3.62. The van der Waals surface area contributed by atoms with Crippen molar-refractivity contribution in [3.8, 4) is 5.75 Å². The largest absolute Gasteiger partial charge is 0.492 e. The molecule has 0 aliphatic rings. The molecule has 5 heteroatoms. The third-order valence-electron chi connectivity index (χ3n) is 2.36. The summed E-state index contributed by atoms with van der Waals surface area (Å²) in [5.41, 5.74) is 6.75. The van der Waals surface area contributed by atoms with Crippen LogP contribution in [0.3, 0.4) is 0 Å². The van der Waals surface area contributed by atoms with Crippen LogP contribution in [-0.4, -0.2) is 7.11 Å². The van der Waals surface area contributed by atoms with Crippen LogP contribution >= 0.6 is 0 Å². The SMILES string of the molecule is COc1c(F)cccc1NNc1ccc(F)cc1. The van der Waals surface area contributed by atoms with Crippen LogP contribution in [0.2, 0.25) is 0 Å². The molecule has 94 valence electrons. The van der Waals surface area contributed by atoms with Crippen molar-refractivity contribution in [1.29, 1.82) is 0 Å². The molecule has 2 rings (SSSR count). The number of para-hydroxylation sites is 1. The molecule has 0 heterocycles. The first-order chi connectivity index (χ1) is 8.70. The first-order valence-corrected chi connectivity index (χ1v) is 5.31. The summed E-state index contributed by atoms with van der Waals surface area (Å²) >= 11 is 0. The number of methoxy groups -OCH3 is 1. The number of ether oxygens (including phenoxy) is 1. The molecule has 0 saturated carbocycles. The fraction of sp³-hybridized carbons (Fsp3) is 0.0769. The van der Waals surface area contributed by atoms with Gasteiger partial charge < -0.3 is 10.2 Å². The van der Waals surface area contributed by atoms with E-state index in [4.69, 9.17) is 4.74 Å². The van der Waals surface area contributed by atoms with Gasteiger partial charge in [-0.05, 0) is 36.4 Å². The van der Waals surface area contributed by atoms with Crippen LogP contribution in [0.25, 0.3) is 0 Å². The molecule has 2 aromatic carbocycles. The highest BCUT2D eigenvalue weighted by Crippen LogP contribution is 2.27. The van der Waals surface area contributed by atoms with Gasteiger partial charge in [-0.2, -0.15) is 0 Å². The molecule has 0 unspecified atom stereocenters. The van der Waals surface area contributed by atoms with Crippen LogP contribution in [0.1, 0.15) is 0 Å². The van der Waals surface area contributed by atoms with Crippen molar-refractivity contribution in [3.05, 3.63) is 54.1 Å². The van der Waals surface area contributed by atoms with Gasteiger partial charge in [0.1, 0.15) is 5.82 Å². The molecule has 0 aromatic heterocycles. The zero-order valence-electron chi connectivity index (χ0n) is 9.71. The van der Waals surface area contributed by atoms with Crippen molar-refractivity contribution in [1.82, 2.24) is 0 Å². The molecule has 18 heavy (non-hydrogen) atoms. The molecule has 2 N–H and O–H groups in total. The average Bonchev–Trinajstić information content (AvgIpc) is 2.38. The van der Waals surface area contributed by atoms with Crippen LogP contribution in [-0.2, 0) is 0 Å². The number of hydrogen-bond acceptors (Lipinski definition) is 3. The first kappa shape index (κ1) is 12.2. The zero-order chi connectivity index (χ0) is 13.0. The molecule has 0 spiro atoms. The van der Waals surface area contributed by atoms with Crippen LogP contribution in [0.15, 0.2) is 42.5 Å². The van der Waals surface area contributed by atoms with Crippen LogP contribution < -0.4 is 15.6 Å². The van der Waals surface area contributed by atoms with Gasteiger partial charge in [-0.25, -0.2) is 8.78 Å². The maximum atomic E-state index is 13.4. The van der Waals surface area contributed by atoms with Gasteiger partial charge in [-0.3, -0.25) is 5.43 Å². The van der Waals surface area contributed by atoms with E-state index in [2.05, 4.69) is 10.9 Å². The molecule has 0 bridgehead atoms. The highest BCUT2D eigenvalue weighted by Gasteiger charge is 2.07. The Morgan fingerprint density at radius 1 is 0.944 bits per heavy atom.